The molecule has 2 rings (SSSR count). The highest BCUT2D eigenvalue weighted by Crippen LogP contribution is 2.26. The van der Waals surface area contributed by atoms with Gasteiger partial charge in [0.1, 0.15) is 0 Å². The highest BCUT2D eigenvalue weighted by molar-refractivity contribution is 6.08. The van der Waals surface area contributed by atoms with Gasteiger partial charge in [0, 0.05) is 35.9 Å². The van der Waals surface area contributed by atoms with Crippen LogP contribution in [0.5, 0.6) is 0 Å². The average molecular weight is 234 g/mol. The van der Waals surface area contributed by atoms with Gasteiger partial charge in [-0.2, -0.15) is 0 Å². The molecule has 88 valence electrons. The van der Waals surface area contributed by atoms with Crippen molar-refractivity contribution in [3.8, 4) is 0 Å². The molecule has 2 nitrogen and oxygen atoms in total. The predicted molar refractivity (Wildman–Crippen MR) is 73.0 cm³/mol. The lowest BCUT2D eigenvalue weighted by Crippen LogP contribution is -2.46. The van der Waals surface area contributed by atoms with Crippen LogP contribution in [0.1, 0.15) is 22.7 Å². The summed E-state index contributed by atoms with van der Waals surface area (Å²) in [5, 5.41) is 3.52. The van der Waals surface area contributed by atoms with Crippen LogP contribution in [0, 0.1) is 13.8 Å². The Morgan fingerprint density at radius 1 is 1.44 bits per heavy atom. The number of hydrogen-bond acceptors (Lipinski definition) is 2. The van der Waals surface area contributed by atoms with E-state index in [0.29, 0.717) is 6.04 Å². The van der Waals surface area contributed by atoms with Crippen LogP contribution in [0.25, 0.3) is 0 Å². The summed E-state index contributed by atoms with van der Waals surface area (Å²) in [6.07, 6.45) is 1.28. The van der Waals surface area contributed by atoms with Crippen LogP contribution in [-0.4, -0.2) is 40.9 Å². The van der Waals surface area contributed by atoms with E-state index < -0.39 is 0 Å². The van der Waals surface area contributed by atoms with Gasteiger partial charge >= 0.3 is 0 Å². The Morgan fingerprint density at radius 2 is 2.25 bits per heavy atom. The van der Waals surface area contributed by atoms with Gasteiger partial charge in [0.25, 0.3) is 0 Å². The monoisotopic (exact) mass is 234 g/mol. The van der Waals surface area contributed by atoms with Gasteiger partial charge in [-0.1, -0.05) is 18.2 Å². The van der Waals surface area contributed by atoms with E-state index in [-0.39, 0.29) is 0 Å². The standard InChI is InChI=1S/C13H22N2Si/c1-10-4-3-5-12(11(10)2)13-8-14-6-7-15(13)9-16/h3-5,13-14H,6-9H2,1-2,16H3. The maximum atomic E-state index is 3.52. The second kappa shape index (κ2) is 5.12. The molecule has 0 bridgehead atoms. The minimum absolute atomic E-state index is 0.589. The third-order valence-electron chi connectivity index (χ3n) is 3.77. The Bertz CT molecular complexity index is 365. The van der Waals surface area contributed by atoms with Crippen LogP contribution in [0.2, 0.25) is 0 Å². The number of benzene rings is 1. The van der Waals surface area contributed by atoms with Crippen molar-refractivity contribution in [3.05, 3.63) is 34.9 Å². The Labute approximate surface area is 101 Å². The smallest absolute Gasteiger partial charge is 0.0472 e. The van der Waals surface area contributed by atoms with Crippen molar-refractivity contribution in [3.63, 3.8) is 0 Å². The quantitative estimate of drug-likeness (QED) is 0.753. The van der Waals surface area contributed by atoms with Crippen LogP contribution in [-0.2, 0) is 0 Å². The van der Waals surface area contributed by atoms with E-state index in [1.54, 1.807) is 0 Å². The molecule has 1 aromatic carbocycles. The summed E-state index contributed by atoms with van der Waals surface area (Å²) < 4.78 is 0. The van der Waals surface area contributed by atoms with Crippen molar-refractivity contribution in [2.45, 2.75) is 19.9 Å². The third-order valence-corrected chi connectivity index (χ3v) is 4.58. The van der Waals surface area contributed by atoms with Crippen LogP contribution in [0.3, 0.4) is 0 Å². The maximum absolute atomic E-state index is 3.52. The summed E-state index contributed by atoms with van der Waals surface area (Å²) >= 11 is 0. The summed E-state index contributed by atoms with van der Waals surface area (Å²) in [6, 6.07) is 7.29. The van der Waals surface area contributed by atoms with E-state index >= 15 is 0 Å². The number of piperazine rings is 1. The Balaban J connectivity index is 2.30. The highest BCUT2D eigenvalue weighted by Gasteiger charge is 2.23. The summed E-state index contributed by atoms with van der Waals surface area (Å²) in [7, 11) is 1.26. The normalized spacial score (nSPS) is 22.5. The van der Waals surface area contributed by atoms with E-state index in [1.165, 1.54) is 39.6 Å². The van der Waals surface area contributed by atoms with Gasteiger partial charge in [0.2, 0.25) is 0 Å². The topological polar surface area (TPSA) is 15.3 Å². The van der Waals surface area contributed by atoms with Gasteiger partial charge < -0.3 is 5.32 Å². The molecule has 0 aliphatic carbocycles. The molecular formula is C13H22N2Si. The molecular weight excluding hydrogens is 212 g/mol. The van der Waals surface area contributed by atoms with E-state index in [2.05, 4.69) is 42.3 Å². The van der Waals surface area contributed by atoms with Crippen LogP contribution in [0.4, 0.5) is 0 Å². The summed E-state index contributed by atoms with van der Waals surface area (Å²) in [5.74, 6) is 0. The van der Waals surface area contributed by atoms with Gasteiger partial charge in [0.05, 0.1) is 0 Å². The van der Waals surface area contributed by atoms with Crippen molar-refractivity contribution in [1.29, 1.82) is 0 Å². The van der Waals surface area contributed by atoms with Crippen molar-refractivity contribution in [2.75, 3.05) is 25.8 Å². The Morgan fingerprint density at radius 3 is 3.00 bits per heavy atom. The minimum Gasteiger partial charge on any atom is -0.314 e. The van der Waals surface area contributed by atoms with Gasteiger partial charge in [-0.25, -0.2) is 0 Å². The fourth-order valence-corrected chi connectivity index (χ4v) is 3.32. The lowest BCUT2D eigenvalue weighted by Gasteiger charge is -2.36. The predicted octanol–water partition coefficient (Wildman–Crippen LogP) is 0.573. The molecule has 1 saturated heterocycles. The van der Waals surface area contributed by atoms with E-state index in [4.69, 9.17) is 0 Å². The molecule has 1 aromatic rings. The molecule has 3 heteroatoms. The molecule has 1 unspecified atom stereocenters. The largest absolute Gasteiger partial charge is 0.314 e. The van der Waals surface area contributed by atoms with Crippen LogP contribution >= 0.6 is 0 Å². The molecule has 1 fully saturated rings. The average Bonchev–Trinajstić information content (AvgIpc) is 2.33. The Hall–Kier alpha value is -0.643. The summed E-state index contributed by atoms with van der Waals surface area (Å²) in [6.45, 7) is 7.91. The number of hydrogen-bond donors (Lipinski definition) is 1. The first-order valence-electron chi connectivity index (χ1n) is 6.25. The minimum atomic E-state index is 0.589. The van der Waals surface area contributed by atoms with Crippen molar-refractivity contribution in [1.82, 2.24) is 10.2 Å². The first kappa shape index (κ1) is 11.8. The van der Waals surface area contributed by atoms with E-state index in [9.17, 15) is 0 Å². The molecule has 0 radical (unpaired) electrons. The summed E-state index contributed by atoms with van der Waals surface area (Å²) in [5.41, 5.74) is 4.40. The zero-order valence-corrected chi connectivity index (χ0v) is 12.6. The van der Waals surface area contributed by atoms with Crippen molar-refractivity contribution in [2.24, 2.45) is 0 Å². The van der Waals surface area contributed by atoms with Gasteiger partial charge in [-0.3, -0.25) is 4.90 Å². The molecule has 1 atom stereocenters. The van der Waals surface area contributed by atoms with Gasteiger partial charge in [-0.15, -0.1) is 0 Å². The molecule has 0 spiro atoms. The van der Waals surface area contributed by atoms with Gasteiger partial charge in [0.15, 0.2) is 0 Å². The molecule has 16 heavy (non-hydrogen) atoms. The molecule has 0 amide bonds. The first-order valence-corrected chi connectivity index (χ1v) is 7.66. The van der Waals surface area contributed by atoms with Gasteiger partial charge in [-0.05, 0) is 36.7 Å². The zero-order valence-electron chi connectivity index (χ0n) is 10.6. The number of nitrogens with zero attached hydrogens (tertiary/aromatic N) is 1. The third kappa shape index (κ3) is 2.21. The van der Waals surface area contributed by atoms with E-state index in [0.717, 1.165) is 13.1 Å². The molecule has 1 heterocycles. The molecule has 0 saturated carbocycles. The molecule has 1 N–H and O–H groups in total. The fraction of sp³-hybridized carbons (Fsp3) is 0.538. The molecule has 1 aliphatic heterocycles. The lowest BCUT2D eigenvalue weighted by molar-refractivity contribution is 0.190. The number of rotatable bonds is 2. The van der Waals surface area contributed by atoms with Crippen molar-refractivity contribution >= 4 is 10.2 Å². The second-order valence-electron chi connectivity index (χ2n) is 4.64. The maximum Gasteiger partial charge on any atom is 0.0472 e. The fourth-order valence-electron chi connectivity index (χ4n) is 2.57. The number of nitrogens with one attached hydrogen (secondary N) is 1. The van der Waals surface area contributed by atoms with E-state index in [1.807, 2.05) is 0 Å². The molecule has 0 aromatic heterocycles. The molecule has 1 aliphatic rings. The van der Waals surface area contributed by atoms with Crippen LogP contribution < -0.4 is 5.32 Å². The SMILES string of the molecule is Cc1cccc(C2CNCCN2C[SiH3])c1C. The number of aryl methyl sites for hydroxylation is 1. The second-order valence-corrected chi connectivity index (χ2v) is 5.27. The first-order chi connectivity index (χ1) is 7.74. The van der Waals surface area contributed by atoms with Crippen LogP contribution in [0.15, 0.2) is 18.2 Å². The highest BCUT2D eigenvalue weighted by atomic mass is 28.1. The van der Waals surface area contributed by atoms with Crippen molar-refractivity contribution < 1.29 is 0 Å². The zero-order chi connectivity index (χ0) is 11.5. The lowest BCUT2D eigenvalue weighted by atomic mass is 9.95. The summed E-state index contributed by atoms with van der Waals surface area (Å²) in [4.78, 5) is 2.63. The Kier molecular flexibility index (Phi) is 3.79.